The Labute approximate surface area is 119 Å². The molecule has 2 N–H and O–H groups in total. The van der Waals surface area contributed by atoms with Crippen LogP contribution in [0.4, 0.5) is 0 Å². The van der Waals surface area contributed by atoms with Crippen LogP contribution in [-0.4, -0.2) is 23.2 Å². The first-order valence-corrected chi connectivity index (χ1v) is 7.87. The first-order valence-electron chi connectivity index (χ1n) is 7.05. The zero-order chi connectivity index (χ0) is 14.0. The summed E-state index contributed by atoms with van der Waals surface area (Å²) in [5.74, 6) is 0.599. The molecule has 19 heavy (non-hydrogen) atoms. The summed E-state index contributed by atoms with van der Waals surface area (Å²) in [5, 5.41) is 13.1. The monoisotopic (exact) mass is 281 g/mol. The van der Waals surface area contributed by atoms with Crippen molar-refractivity contribution in [3.63, 3.8) is 0 Å². The van der Waals surface area contributed by atoms with Crippen molar-refractivity contribution in [1.82, 2.24) is 5.32 Å². The molecule has 0 bridgehead atoms. The molecule has 1 fully saturated rings. The highest BCUT2D eigenvalue weighted by Crippen LogP contribution is 2.49. The van der Waals surface area contributed by atoms with Crippen molar-refractivity contribution in [3.05, 3.63) is 21.9 Å². The van der Waals surface area contributed by atoms with Crippen LogP contribution < -0.4 is 5.32 Å². The van der Waals surface area contributed by atoms with Crippen LogP contribution in [-0.2, 0) is 4.79 Å². The third-order valence-corrected chi connectivity index (χ3v) is 5.29. The Hall–Kier alpha value is -0.870. The van der Waals surface area contributed by atoms with E-state index in [0.29, 0.717) is 25.3 Å². The lowest BCUT2D eigenvalue weighted by Crippen LogP contribution is -2.42. The summed E-state index contributed by atoms with van der Waals surface area (Å²) in [6.45, 7) is 6.35. The Balaban J connectivity index is 1.83. The lowest BCUT2D eigenvalue weighted by atomic mass is 9.97. The molecule has 1 heterocycles. The molecule has 3 nitrogen and oxygen atoms in total. The van der Waals surface area contributed by atoms with Gasteiger partial charge in [0.25, 0.3) is 0 Å². The number of carbonyl (C=O) groups is 1. The van der Waals surface area contributed by atoms with Gasteiger partial charge in [0.15, 0.2) is 0 Å². The number of thiophene rings is 1. The fourth-order valence-electron chi connectivity index (χ4n) is 2.33. The third-order valence-electron chi connectivity index (χ3n) is 4.16. The highest BCUT2D eigenvalue weighted by molar-refractivity contribution is 7.12. The van der Waals surface area contributed by atoms with E-state index in [-0.39, 0.29) is 11.8 Å². The van der Waals surface area contributed by atoms with E-state index in [4.69, 9.17) is 0 Å². The van der Waals surface area contributed by atoms with Gasteiger partial charge in [-0.25, -0.2) is 0 Å². The number of carbonyl (C=O) groups excluding carboxylic acids is 1. The number of hydrogen-bond acceptors (Lipinski definition) is 3. The van der Waals surface area contributed by atoms with Crippen LogP contribution in [0.2, 0.25) is 0 Å². The Morgan fingerprint density at radius 2 is 2.16 bits per heavy atom. The van der Waals surface area contributed by atoms with Gasteiger partial charge in [-0.3, -0.25) is 4.79 Å². The molecule has 2 atom stereocenters. The Morgan fingerprint density at radius 3 is 2.68 bits per heavy atom. The topological polar surface area (TPSA) is 49.3 Å². The Kier molecular flexibility index (Phi) is 4.31. The average Bonchev–Trinajstić information content (AvgIpc) is 3.11. The second-order valence-electron chi connectivity index (χ2n) is 5.55. The van der Waals surface area contributed by atoms with Crippen molar-refractivity contribution in [1.29, 1.82) is 0 Å². The molecule has 4 heteroatoms. The summed E-state index contributed by atoms with van der Waals surface area (Å²) in [4.78, 5) is 14.7. The highest BCUT2D eigenvalue weighted by Gasteiger charge is 2.45. The molecule has 0 spiro atoms. The maximum absolute atomic E-state index is 12.1. The summed E-state index contributed by atoms with van der Waals surface area (Å²) in [6, 6.07) is 4.24. The minimum Gasteiger partial charge on any atom is -0.388 e. The molecule has 2 rings (SSSR count). The van der Waals surface area contributed by atoms with E-state index in [9.17, 15) is 9.90 Å². The molecule has 1 aromatic heterocycles. The van der Waals surface area contributed by atoms with Gasteiger partial charge >= 0.3 is 0 Å². The van der Waals surface area contributed by atoms with Crippen LogP contribution in [0.1, 0.15) is 48.8 Å². The lowest BCUT2D eigenvalue weighted by molar-refractivity contribution is -0.123. The summed E-state index contributed by atoms with van der Waals surface area (Å²) < 4.78 is 0. The zero-order valence-electron chi connectivity index (χ0n) is 11.9. The predicted octanol–water partition coefficient (Wildman–Crippen LogP) is 2.83. The predicted molar refractivity (Wildman–Crippen MR) is 78.4 cm³/mol. The molecule has 1 aliphatic rings. The summed E-state index contributed by atoms with van der Waals surface area (Å²) >= 11 is 1.78. The minimum absolute atomic E-state index is 0.0939. The smallest absolute Gasteiger partial charge is 0.223 e. The molecule has 0 radical (unpaired) electrons. The number of rotatable bonds is 6. The molecule has 1 saturated carbocycles. The molecule has 1 aromatic rings. The zero-order valence-corrected chi connectivity index (χ0v) is 12.7. The van der Waals surface area contributed by atoms with E-state index in [0.717, 1.165) is 6.42 Å². The van der Waals surface area contributed by atoms with Crippen molar-refractivity contribution < 1.29 is 9.90 Å². The van der Waals surface area contributed by atoms with E-state index in [1.165, 1.54) is 9.75 Å². The van der Waals surface area contributed by atoms with Gasteiger partial charge in [-0.1, -0.05) is 13.8 Å². The van der Waals surface area contributed by atoms with Crippen LogP contribution in [0.25, 0.3) is 0 Å². The summed E-state index contributed by atoms with van der Waals surface area (Å²) in [5.41, 5.74) is -0.750. The van der Waals surface area contributed by atoms with Crippen molar-refractivity contribution in [2.75, 3.05) is 6.54 Å². The number of aliphatic hydroxyl groups is 1. The minimum atomic E-state index is -0.750. The quantitative estimate of drug-likeness (QED) is 0.842. The number of hydrogen-bond donors (Lipinski definition) is 2. The van der Waals surface area contributed by atoms with E-state index in [2.05, 4.69) is 24.4 Å². The van der Waals surface area contributed by atoms with Crippen LogP contribution in [0.15, 0.2) is 12.1 Å². The van der Waals surface area contributed by atoms with Gasteiger partial charge in [0, 0.05) is 28.1 Å². The molecule has 1 aliphatic carbocycles. The van der Waals surface area contributed by atoms with E-state index in [1.807, 2.05) is 13.8 Å². The maximum atomic E-state index is 12.1. The lowest BCUT2D eigenvalue weighted by Gasteiger charge is -2.25. The first-order chi connectivity index (χ1) is 8.99. The highest BCUT2D eigenvalue weighted by atomic mass is 32.1. The first kappa shape index (κ1) is 14.5. The molecule has 0 aromatic carbocycles. The standard InChI is InChI=1S/C15H23NO2S/c1-4-15(18,5-2)9-16-14(17)12-8-11(12)13-7-6-10(3)19-13/h6-7,11-12,18H,4-5,8-9H2,1-3H3,(H,16,17). The molecule has 0 aliphatic heterocycles. The number of nitrogens with one attached hydrogen (secondary N) is 1. The molecular formula is C15H23NO2S. The van der Waals surface area contributed by atoms with Crippen molar-refractivity contribution in [2.45, 2.75) is 51.6 Å². The van der Waals surface area contributed by atoms with Gasteiger partial charge < -0.3 is 10.4 Å². The van der Waals surface area contributed by atoms with Crippen molar-refractivity contribution in [2.24, 2.45) is 5.92 Å². The fraction of sp³-hybridized carbons (Fsp3) is 0.667. The van der Waals surface area contributed by atoms with Gasteiger partial charge in [-0.15, -0.1) is 11.3 Å². The van der Waals surface area contributed by atoms with Gasteiger partial charge in [0.2, 0.25) is 5.91 Å². The van der Waals surface area contributed by atoms with E-state index >= 15 is 0 Å². The van der Waals surface area contributed by atoms with Gasteiger partial charge in [-0.05, 0) is 38.3 Å². The van der Waals surface area contributed by atoms with E-state index in [1.54, 1.807) is 11.3 Å². The largest absolute Gasteiger partial charge is 0.388 e. The van der Waals surface area contributed by atoms with Gasteiger partial charge in [0.05, 0.1) is 5.60 Å². The molecule has 106 valence electrons. The SMILES string of the molecule is CCC(O)(CC)CNC(=O)C1CC1c1ccc(C)s1. The van der Waals surface area contributed by atoms with Crippen LogP contribution in [0.5, 0.6) is 0 Å². The number of aryl methyl sites for hydroxylation is 1. The van der Waals surface area contributed by atoms with Crippen LogP contribution in [0, 0.1) is 12.8 Å². The van der Waals surface area contributed by atoms with Crippen LogP contribution in [0.3, 0.4) is 0 Å². The Bertz CT molecular complexity index is 451. The molecule has 2 unspecified atom stereocenters. The Morgan fingerprint density at radius 1 is 1.47 bits per heavy atom. The van der Waals surface area contributed by atoms with Gasteiger partial charge in [-0.2, -0.15) is 0 Å². The fourth-order valence-corrected chi connectivity index (χ4v) is 3.39. The van der Waals surface area contributed by atoms with Crippen molar-refractivity contribution >= 4 is 17.2 Å². The van der Waals surface area contributed by atoms with E-state index < -0.39 is 5.60 Å². The maximum Gasteiger partial charge on any atom is 0.223 e. The summed E-state index contributed by atoms with van der Waals surface area (Å²) in [6.07, 6.45) is 2.28. The van der Waals surface area contributed by atoms with Gasteiger partial charge in [0.1, 0.15) is 0 Å². The van der Waals surface area contributed by atoms with Crippen LogP contribution >= 0.6 is 11.3 Å². The number of amides is 1. The second-order valence-corrected chi connectivity index (χ2v) is 6.87. The van der Waals surface area contributed by atoms with Crippen molar-refractivity contribution in [3.8, 4) is 0 Å². The molecule has 1 amide bonds. The normalized spacial score (nSPS) is 22.3. The average molecular weight is 281 g/mol. The second kappa shape index (κ2) is 5.63. The third kappa shape index (κ3) is 3.37. The summed E-state index contributed by atoms with van der Waals surface area (Å²) in [7, 11) is 0. The molecular weight excluding hydrogens is 258 g/mol. The molecule has 0 saturated heterocycles.